The highest BCUT2D eigenvalue weighted by atomic mass is 79.9. The monoisotopic (exact) mass is 495 g/mol. The second kappa shape index (κ2) is 9.37. The predicted octanol–water partition coefficient (Wildman–Crippen LogP) is 5.05. The molecule has 0 aliphatic carbocycles. The summed E-state index contributed by atoms with van der Waals surface area (Å²) in [6.45, 7) is 3.02. The molecule has 0 radical (unpaired) electrons. The number of hydrogen-bond donors (Lipinski definition) is 2. The van der Waals surface area contributed by atoms with Gasteiger partial charge in [0.1, 0.15) is 5.75 Å². The van der Waals surface area contributed by atoms with E-state index < -0.39 is 24.2 Å². The topological polar surface area (TPSA) is 84.9 Å². The van der Waals surface area contributed by atoms with Crippen LogP contribution in [0.3, 0.4) is 0 Å². The number of carbonyl (C=O) groups excluding carboxylic acids is 1. The molecule has 30 heavy (non-hydrogen) atoms. The number of rotatable bonds is 6. The number of benzene rings is 2. The number of carboxylic acids is 1. The van der Waals surface area contributed by atoms with Crippen LogP contribution in [-0.2, 0) is 14.3 Å². The van der Waals surface area contributed by atoms with E-state index in [-0.39, 0.29) is 12.0 Å². The van der Waals surface area contributed by atoms with Gasteiger partial charge in [-0.1, -0.05) is 35.9 Å². The van der Waals surface area contributed by atoms with Crippen LogP contribution in [0.5, 0.6) is 5.75 Å². The number of nitrogens with one attached hydrogen (secondary N) is 1. The van der Waals surface area contributed by atoms with Crippen LogP contribution in [0, 0.1) is 0 Å². The van der Waals surface area contributed by atoms with Gasteiger partial charge in [-0.2, -0.15) is 0 Å². The molecule has 0 spiro atoms. The Morgan fingerprint density at radius 3 is 2.53 bits per heavy atom. The van der Waals surface area contributed by atoms with Crippen molar-refractivity contribution in [3.63, 3.8) is 0 Å². The fourth-order valence-corrected chi connectivity index (χ4v) is 4.47. The summed E-state index contributed by atoms with van der Waals surface area (Å²) in [5.41, 5.74) is 1.15. The minimum Gasteiger partial charge on any atom is -0.480 e. The van der Waals surface area contributed by atoms with Crippen LogP contribution in [0.15, 0.2) is 46.9 Å². The van der Waals surface area contributed by atoms with Crippen LogP contribution in [0.1, 0.15) is 50.0 Å². The summed E-state index contributed by atoms with van der Waals surface area (Å²) in [5, 5.41) is 12.7. The summed E-state index contributed by atoms with van der Waals surface area (Å²) in [6.07, 6.45) is 0.391. The van der Waals surface area contributed by atoms with Crippen LogP contribution >= 0.6 is 27.5 Å². The van der Waals surface area contributed by atoms with Crippen molar-refractivity contribution in [1.29, 1.82) is 0 Å². The van der Waals surface area contributed by atoms with E-state index in [2.05, 4.69) is 21.2 Å². The zero-order valence-electron chi connectivity index (χ0n) is 16.7. The lowest BCUT2D eigenvalue weighted by atomic mass is 9.81. The lowest BCUT2D eigenvalue weighted by Crippen LogP contribution is -2.50. The molecule has 2 aromatic rings. The Balaban J connectivity index is 1.98. The number of carbonyl (C=O) groups is 2. The molecule has 8 heteroatoms. The van der Waals surface area contributed by atoms with Crippen molar-refractivity contribution in [2.45, 2.75) is 44.4 Å². The predicted molar refractivity (Wildman–Crippen MR) is 117 cm³/mol. The number of aliphatic carboxylic acids is 1. The lowest BCUT2D eigenvalue weighted by molar-refractivity contribution is -0.139. The summed E-state index contributed by atoms with van der Waals surface area (Å²) < 4.78 is 12.6. The van der Waals surface area contributed by atoms with Gasteiger partial charge in [-0.3, -0.25) is 4.79 Å². The van der Waals surface area contributed by atoms with Crippen LogP contribution < -0.4 is 10.1 Å². The summed E-state index contributed by atoms with van der Waals surface area (Å²) in [7, 11) is 0. The molecule has 0 saturated carbocycles. The van der Waals surface area contributed by atoms with Crippen molar-refractivity contribution >= 4 is 39.4 Å². The SMILES string of the molecule is CC(=O)N[C@@]1(C)C[C@@H](c2ccc(Cl)cc2)O[C@@H](c2cccc(Br)c2OCC(=O)O)C1. The maximum atomic E-state index is 11.9. The van der Waals surface area contributed by atoms with Gasteiger partial charge in [0.05, 0.1) is 16.7 Å². The van der Waals surface area contributed by atoms with Gasteiger partial charge in [-0.25, -0.2) is 4.79 Å². The minimum absolute atomic E-state index is 0.121. The first-order chi connectivity index (χ1) is 14.2. The highest BCUT2D eigenvalue weighted by Gasteiger charge is 2.41. The molecule has 3 rings (SSSR count). The van der Waals surface area contributed by atoms with E-state index in [1.807, 2.05) is 31.2 Å². The molecule has 1 aliphatic rings. The van der Waals surface area contributed by atoms with Gasteiger partial charge in [0.15, 0.2) is 6.61 Å². The molecule has 1 aliphatic heterocycles. The Bertz CT molecular complexity index is 936. The first-order valence-electron chi connectivity index (χ1n) is 9.49. The third-order valence-electron chi connectivity index (χ3n) is 5.00. The quantitative estimate of drug-likeness (QED) is 0.584. The van der Waals surface area contributed by atoms with Gasteiger partial charge in [0.2, 0.25) is 5.91 Å². The van der Waals surface area contributed by atoms with Crippen LogP contribution in [-0.4, -0.2) is 29.1 Å². The van der Waals surface area contributed by atoms with Crippen molar-refractivity contribution in [3.05, 3.63) is 63.1 Å². The molecule has 1 amide bonds. The van der Waals surface area contributed by atoms with E-state index in [9.17, 15) is 9.59 Å². The van der Waals surface area contributed by atoms with E-state index in [4.69, 9.17) is 26.2 Å². The van der Waals surface area contributed by atoms with Crippen LogP contribution in [0.2, 0.25) is 5.02 Å². The van der Waals surface area contributed by atoms with Crippen molar-refractivity contribution in [2.75, 3.05) is 6.61 Å². The highest BCUT2D eigenvalue weighted by molar-refractivity contribution is 9.10. The van der Waals surface area contributed by atoms with E-state index in [0.29, 0.717) is 28.1 Å². The first kappa shape index (κ1) is 22.6. The molecule has 160 valence electrons. The molecule has 1 fully saturated rings. The highest BCUT2D eigenvalue weighted by Crippen LogP contribution is 2.47. The van der Waals surface area contributed by atoms with Crippen molar-refractivity contribution < 1.29 is 24.2 Å². The Morgan fingerprint density at radius 1 is 1.23 bits per heavy atom. The molecule has 2 aromatic carbocycles. The standard InChI is InChI=1S/C22H23BrClNO5/c1-13(26)25-22(2)10-18(14-6-8-15(24)9-7-14)30-19(11-22)16-4-3-5-17(23)21(16)29-12-20(27)28/h3-9,18-19H,10-12H2,1-2H3,(H,25,26)(H,27,28)/t18-,19+,22-/m0/s1. The maximum absolute atomic E-state index is 11.9. The third kappa shape index (κ3) is 5.53. The van der Waals surface area contributed by atoms with Gasteiger partial charge in [0.25, 0.3) is 0 Å². The maximum Gasteiger partial charge on any atom is 0.341 e. The van der Waals surface area contributed by atoms with E-state index >= 15 is 0 Å². The Kier molecular flexibility index (Phi) is 7.06. The fourth-order valence-electron chi connectivity index (χ4n) is 3.85. The normalized spacial score (nSPS) is 23.6. The number of carboxylic acid groups (broad SMARTS) is 1. The Labute approximate surface area is 188 Å². The fraction of sp³-hybridized carbons (Fsp3) is 0.364. The lowest BCUT2D eigenvalue weighted by Gasteiger charge is -2.43. The summed E-state index contributed by atoms with van der Waals surface area (Å²) >= 11 is 9.47. The molecule has 0 bridgehead atoms. The van der Waals surface area contributed by atoms with Crippen molar-refractivity contribution in [3.8, 4) is 5.75 Å². The minimum atomic E-state index is -1.07. The second-order valence-corrected chi connectivity index (χ2v) is 8.95. The first-order valence-corrected chi connectivity index (χ1v) is 10.7. The van der Waals surface area contributed by atoms with Gasteiger partial charge in [-0.05, 0) is 46.6 Å². The van der Waals surface area contributed by atoms with Crippen molar-refractivity contribution in [2.24, 2.45) is 0 Å². The number of hydrogen-bond acceptors (Lipinski definition) is 4. The van der Waals surface area contributed by atoms with E-state index in [1.165, 1.54) is 6.92 Å². The molecule has 2 N–H and O–H groups in total. The zero-order valence-corrected chi connectivity index (χ0v) is 19.0. The van der Waals surface area contributed by atoms with Gasteiger partial charge in [-0.15, -0.1) is 0 Å². The van der Waals surface area contributed by atoms with Gasteiger partial charge >= 0.3 is 5.97 Å². The van der Waals surface area contributed by atoms with Gasteiger partial charge < -0.3 is 19.9 Å². The average molecular weight is 497 g/mol. The number of ether oxygens (including phenoxy) is 2. The number of amides is 1. The molecule has 3 atom stereocenters. The van der Waals surface area contributed by atoms with Crippen LogP contribution in [0.25, 0.3) is 0 Å². The summed E-state index contributed by atoms with van der Waals surface area (Å²) in [4.78, 5) is 22.9. The largest absolute Gasteiger partial charge is 0.480 e. The van der Waals surface area contributed by atoms with Gasteiger partial charge in [0, 0.05) is 35.9 Å². The zero-order chi connectivity index (χ0) is 21.9. The Hall–Kier alpha value is -2.09. The third-order valence-corrected chi connectivity index (χ3v) is 5.88. The molecular weight excluding hydrogens is 474 g/mol. The second-order valence-electron chi connectivity index (χ2n) is 7.66. The smallest absolute Gasteiger partial charge is 0.341 e. The number of para-hydroxylation sites is 1. The molecule has 6 nitrogen and oxygen atoms in total. The number of halogens is 2. The summed E-state index contributed by atoms with van der Waals surface area (Å²) in [6, 6.07) is 12.9. The van der Waals surface area contributed by atoms with Crippen LogP contribution in [0.4, 0.5) is 0 Å². The average Bonchev–Trinajstić information content (AvgIpc) is 2.65. The van der Waals surface area contributed by atoms with Crippen molar-refractivity contribution in [1.82, 2.24) is 5.32 Å². The molecule has 1 saturated heterocycles. The Morgan fingerprint density at radius 2 is 1.90 bits per heavy atom. The van der Waals surface area contributed by atoms with E-state index in [0.717, 1.165) is 11.1 Å². The van der Waals surface area contributed by atoms with E-state index in [1.54, 1.807) is 18.2 Å². The molecule has 1 heterocycles. The molecule has 0 aromatic heterocycles. The molecular formula is C22H23BrClNO5. The summed E-state index contributed by atoms with van der Waals surface area (Å²) in [5.74, 6) is -0.764. The molecule has 0 unspecified atom stereocenters.